The van der Waals surface area contributed by atoms with Crippen LogP contribution in [0.25, 0.3) is 0 Å². The fourth-order valence-corrected chi connectivity index (χ4v) is 2.08. The average Bonchev–Trinajstić information content (AvgIpc) is 2.84. The minimum atomic E-state index is -0.377. The smallest absolute Gasteiger partial charge is 0.276 e. The number of nitrogens with two attached hydrogens (primary N) is 1. The second-order valence-electron chi connectivity index (χ2n) is 3.37. The Hall–Kier alpha value is -1.91. The molecular weight excluding hydrogens is 255 g/mol. The molecule has 92 valence electrons. The van der Waals surface area contributed by atoms with Crippen molar-refractivity contribution in [2.75, 3.05) is 0 Å². The van der Waals surface area contributed by atoms with Crippen molar-refractivity contribution in [1.29, 1.82) is 5.26 Å². The largest absolute Gasteiger partial charge is 0.415 e. The summed E-state index contributed by atoms with van der Waals surface area (Å²) < 4.78 is 18.3. The minimum absolute atomic E-state index is 0.178. The van der Waals surface area contributed by atoms with Gasteiger partial charge in [-0.1, -0.05) is 11.8 Å². The lowest BCUT2D eigenvalue weighted by atomic mass is 10.1. The Morgan fingerprint density at radius 1 is 1.44 bits per heavy atom. The van der Waals surface area contributed by atoms with E-state index in [0.29, 0.717) is 28.0 Å². The molecule has 0 saturated heterocycles. The highest BCUT2D eigenvalue weighted by Gasteiger charge is 2.09. The third-order valence-electron chi connectivity index (χ3n) is 2.16. The van der Waals surface area contributed by atoms with Gasteiger partial charge < -0.3 is 10.2 Å². The first-order valence-electron chi connectivity index (χ1n) is 5.06. The summed E-state index contributed by atoms with van der Waals surface area (Å²) in [7, 11) is 0. The SMILES string of the molecule is N#Cc1ccc(F)cc1CSc1nnc(CN)o1. The van der Waals surface area contributed by atoms with Crippen LogP contribution in [-0.2, 0) is 12.3 Å². The van der Waals surface area contributed by atoms with Crippen LogP contribution in [0, 0.1) is 17.1 Å². The predicted molar refractivity (Wildman–Crippen MR) is 62.9 cm³/mol. The molecule has 0 spiro atoms. The Balaban J connectivity index is 2.10. The van der Waals surface area contributed by atoms with E-state index >= 15 is 0 Å². The summed E-state index contributed by atoms with van der Waals surface area (Å²) in [6.07, 6.45) is 0. The molecule has 1 aromatic heterocycles. The van der Waals surface area contributed by atoms with Gasteiger partial charge >= 0.3 is 0 Å². The number of halogens is 1. The van der Waals surface area contributed by atoms with Gasteiger partial charge in [-0.25, -0.2) is 4.39 Å². The van der Waals surface area contributed by atoms with E-state index in [2.05, 4.69) is 10.2 Å². The first-order chi connectivity index (χ1) is 8.72. The van der Waals surface area contributed by atoms with Crippen molar-refractivity contribution in [1.82, 2.24) is 10.2 Å². The molecule has 1 heterocycles. The number of thioether (sulfide) groups is 1. The molecule has 0 radical (unpaired) electrons. The number of hydrogen-bond donors (Lipinski definition) is 1. The molecular formula is C11H9FN4OS. The van der Waals surface area contributed by atoms with E-state index in [0.717, 1.165) is 0 Å². The van der Waals surface area contributed by atoms with Crippen LogP contribution in [0.5, 0.6) is 0 Å². The third-order valence-corrected chi connectivity index (χ3v) is 3.03. The van der Waals surface area contributed by atoms with Crippen LogP contribution >= 0.6 is 11.8 Å². The highest BCUT2D eigenvalue weighted by molar-refractivity contribution is 7.98. The van der Waals surface area contributed by atoms with Gasteiger partial charge in [0.25, 0.3) is 5.22 Å². The molecule has 0 fully saturated rings. The number of aromatic nitrogens is 2. The average molecular weight is 264 g/mol. The second-order valence-corrected chi connectivity index (χ2v) is 4.29. The Morgan fingerprint density at radius 3 is 2.94 bits per heavy atom. The molecule has 0 amide bonds. The van der Waals surface area contributed by atoms with Gasteiger partial charge in [0, 0.05) is 5.75 Å². The fraction of sp³-hybridized carbons (Fsp3) is 0.182. The molecule has 2 aromatic rings. The number of benzene rings is 1. The Kier molecular flexibility index (Phi) is 3.92. The zero-order valence-electron chi connectivity index (χ0n) is 9.26. The zero-order chi connectivity index (χ0) is 13.0. The molecule has 0 aliphatic heterocycles. The monoisotopic (exact) mass is 264 g/mol. The third kappa shape index (κ3) is 2.85. The Morgan fingerprint density at radius 2 is 2.28 bits per heavy atom. The van der Waals surface area contributed by atoms with Crippen molar-refractivity contribution >= 4 is 11.8 Å². The highest BCUT2D eigenvalue weighted by Crippen LogP contribution is 2.23. The second kappa shape index (κ2) is 5.62. The van der Waals surface area contributed by atoms with Crippen molar-refractivity contribution in [3.63, 3.8) is 0 Å². The molecule has 0 unspecified atom stereocenters. The molecule has 2 N–H and O–H groups in total. The van der Waals surface area contributed by atoms with Gasteiger partial charge in [0.2, 0.25) is 5.89 Å². The van der Waals surface area contributed by atoms with Gasteiger partial charge in [-0.2, -0.15) is 5.26 Å². The first kappa shape index (κ1) is 12.5. The maximum atomic E-state index is 13.1. The summed E-state index contributed by atoms with van der Waals surface area (Å²) >= 11 is 1.23. The lowest BCUT2D eigenvalue weighted by Gasteiger charge is -2.01. The molecule has 0 bridgehead atoms. The van der Waals surface area contributed by atoms with Crippen LogP contribution in [0.4, 0.5) is 4.39 Å². The first-order valence-corrected chi connectivity index (χ1v) is 6.05. The Labute approximate surface area is 107 Å². The molecule has 0 saturated carbocycles. The van der Waals surface area contributed by atoms with Crippen LogP contribution in [-0.4, -0.2) is 10.2 Å². The molecule has 1 aromatic carbocycles. The van der Waals surface area contributed by atoms with Gasteiger partial charge in [-0.3, -0.25) is 0 Å². The van der Waals surface area contributed by atoms with Crippen LogP contribution < -0.4 is 5.73 Å². The van der Waals surface area contributed by atoms with E-state index in [1.807, 2.05) is 6.07 Å². The fourth-order valence-electron chi connectivity index (χ4n) is 1.31. The van der Waals surface area contributed by atoms with Crippen molar-refractivity contribution in [3.8, 4) is 6.07 Å². The van der Waals surface area contributed by atoms with Gasteiger partial charge in [0.1, 0.15) is 5.82 Å². The number of hydrogen-bond acceptors (Lipinski definition) is 6. The summed E-state index contributed by atoms with van der Waals surface area (Å²) in [6, 6.07) is 6.04. The lowest BCUT2D eigenvalue weighted by Crippen LogP contribution is -1.95. The maximum Gasteiger partial charge on any atom is 0.276 e. The van der Waals surface area contributed by atoms with E-state index in [-0.39, 0.29) is 12.4 Å². The summed E-state index contributed by atoms with van der Waals surface area (Å²) in [6.45, 7) is 0.178. The van der Waals surface area contributed by atoms with Crippen LogP contribution in [0.2, 0.25) is 0 Å². The zero-order valence-corrected chi connectivity index (χ0v) is 10.1. The van der Waals surface area contributed by atoms with E-state index < -0.39 is 0 Å². The minimum Gasteiger partial charge on any atom is -0.415 e. The summed E-state index contributed by atoms with van der Waals surface area (Å²) in [5.41, 5.74) is 6.36. The van der Waals surface area contributed by atoms with E-state index in [9.17, 15) is 4.39 Å². The lowest BCUT2D eigenvalue weighted by molar-refractivity contribution is 0.414. The molecule has 5 nitrogen and oxygen atoms in total. The van der Waals surface area contributed by atoms with Gasteiger partial charge in [-0.15, -0.1) is 10.2 Å². The van der Waals surface area contributed by atoms with Gasteiger partial charge in [0.05, 0.1) is 18.2 Å². The molecule has 7 heteroatoms. The van der Waals surface area contributed by atoms with Gasteiger partial charge in [-0.05, 0) is 23.8 Å². The van der Waals surface area contributed by atoms with E-state index in [4.69, 9.17) is 15.4 Å². The van der Waals surface area contributed by atoms with Crippen LogP contribution in [0.3, 0.4) is 0 Å². The Bertz CT molecular complexity index is 593. The summed E-state index contributed by atoms with van der Waals surface area (Å²) in [4.78, 5) is 0. The van der Waals surface area contributed by atoms with E-state index in [1.54, 1.807) is 0 Å². The summed E-state index contributed by atoms with van der Waals surface area (Å²) in [5.74, 6) is 0.349. The molecule has 0 aliphatic rings. The number of nitriles is 1. The number of nitrogens with zero attached hydrogens (tertiary/aromatic N) is 3. The normalized spacial score (nSPS) is 10.3. The van der Waals surface area contributed by atoms with Crippen molar-refractivity contribution in [2.45, 2.75) is 17.5 Å². The molecule has 18 heavy (non-hydrogen) atoms. The molecule has 0 atom stereocenters. The standard InChI is InChI=1S/C11H9FN4OS/c12-9-2-1-7(4-13)8(3-9)6-18-11-16-15-10(5-14)17-11/h1-3H,5-6,14H2. The van der Waals surface area contributed by atoms with Crippen molar-refractivity contribution in [2.24, 2.45) is 5.73 Å². The van der Waals surface area contributed by atoms with Crippen LogP contribution in [0.1, 0.15) is 17.0 Å². The van der Waals surface area contributed by atoms with Crippen LogP contribution in [0.15, 0.2) is 27.8 Å². The maximum absolute atomic E-state index is 13.1. The molecule has 0 aliphatic carbocycles. The quantitative estimate of drug-likeness (QED) is 0.847. The molecule has 2 rings (SSSR count). The predicted octanol–water partition coefficient (Wildman–Crippen LogP) is 1.83. The van der Waals surface area contributed by atoms with Crippen molar-refractivity contribution < 1.29 is 8.81 Å². The highest BCUT2D eigenvalue weighted by atomic mass is 32.2. The summed E-state index contributed by atoms with van der Waals surface area (Å²) in [5, 5.41) is 16.7. The van der Waals surface area contributed by atoms with Gasteiger partial charge in [0.15, 0.2) is 0 Å². The van der Waals surface area contributed by atoms with Crippen molar-refractivity contribution in [3.05, 3.63) is 41.0 Å². The topological polar surface area (TPSA) is 88.7 Å². The number of rotatable bonds is 4. The van der Waals surface area contributed by atoms with E-state index in [1.165, 1.54) is 30.0 Å².